The van der Waals surface area contributed by atoms with Gasteiger partial charge in [0, 0.05) is 23.7 Å². The number of aryl methyl sites for hydroxylation is 1. The Bertz CT molecular complexity index is 864. The molecule has 25 heavy (non-hydrogen) atoms. The van der Waals surface area contributed by atoms with Gasteiger partial charge in [-0.05, 0) is 55.3 Å². The van der Waals surface area contributed by atoms with Gasteiger partial charge in [-0.1, -0.05) is 23.7 Å². The van der Waals surface area contributed by atoms with Crippen molar-refractivity contribution in [2.45, 2.75) is 20.3 Å². The second-order valence-corrected chi connectivity index (χ2v) is 8.20. The minimum Gasteiger partial charge on any atom is -0.326 e. The molecule has 0 radical (unpaired) electrons. The van der Waals surface area contributed by atoms with Gasteiger partial charge in [0.25, 0.3) is 0 Å². The fourth-order valence-electron chi connectivity index (χ4n) is 2.43. The van der Waals surface area contributed by atoms with E-state index in [1.165, 1.54) is 4.31 Å². The number of hydrogen-bond acceptors (Lipinski definition) is 3. The minimum absolute atomic E-state index is 0.0447. The number of amides is 1. The van der Waals surface area contributed by atoms with Crippen molar-refractivity contribution in [2.75, 3.05) is 22.4 Å². The lowest BCUT2D eigenvalue weighted by atomic mass is 10.1. The molecule has 0 aromatic heterocycles. The Morgan fingerprint density at radius 3 is 2.36 bits per heavy atom. The molecule has 0 atom stereocenters. The molecular formula is C18H21ClN2O3S. The number of nitrogens with zero attached hydrogens (tertiary/aromatic N) is 1. The highest BCUT2D eigenvalue weighted by Crippen LogP contribution is 2.25. The molecule has 0 spiro atoms. The van der Waals surface area contributed by atoms with E-state index in [4.69, 9.17) is 11.6 Å². The zero-order valence-electron chi connectivity index (χ0n) is 14.4. The van der Waals surface area contributed by atoms with Crippen LogP contribution in [0.4, 0.5) is 11.4 Å². The molecule has 134 valence electrons. The van der Waals surface area contributed by atoms with Gasteiger partial charge in [0.1, 0.15) is 0 Å². The van der Waals surface area contributed by atoms with Crippen LogP contribution in [0.1, 0.15) is 17.5 Å². The van der Waals surface area contributed by atoms with Crippen LogP contribution >= 0.6 is 11.6 Å². The molecule has 0 fully saturated rings. The third-order valence-electron chi connectivity index (χ3n) is 3.91. The SMILES string of the molecule is Cc1cccc(N(CCC(=O)Nc2ccc(Cl)cc2)S(C)(=O)=O)c1C. The Morgan fingerprint density at radius 1 is 1.12 bits per heavy atom. The lowest BCUT2D eigenvalue weighted by Crippen LogP contribution is -2.33. The van der Waals surface area contributed by atoms with E-state index in [1.54, 1.807) is 30.3 Å². The van der Waals surface area contributed by atoms with E-state index in [9.17, 15) is 13.2 Å². The third kappa shape index (κ3) is 5.21. The summed E-state index contributed by atoms with van der Waals surface area (Å²) in [7, 11) is -3.50. The van der Waals surface area contributed by atoms with Crippen LogP contribution in [0, 0.1) is 13.8 Å². The molecule has 2 aromatic carbocycles. The molecule has 5 nitrogen and oxygen atoms in total. The van der Waals surface area contributed by atoms with Gasteiger partial charge in [-0.3, -0.25) is 9.10 Å². The third-order valence-corrected chi connectivity index (χ3v) is 5.35. The number of sulfonamides is 1. The molecule has 7 heteroatoms. The van der Waals surface area contributed by atoms with Gasteiger partial charge in [0.15, 0.2) is 0 Å². The number of carbonyl (C=O) groups is 1. The maximum Gasteiger partial charge on any atom is 0.232 e. The first-order chi connectivity index (χ1) is 11.7. The van der Waals surface area contributed by atoms with Crippen molar-refractivity contribution in [2.24, 2.45) is 0 Å². The molecule has 0 saturated carbocycles. The van der Waals surface area contributed by atoms with E-state index in [1.807, 2.05) is 26.0 Å². The molecule has 2 aromatic rings. The molecule has 1 amide bonds. The summed E-state index contributed by atoms with van der Waals surface area (Å²) in [5.41, 5.74) is 3.09. The molecule has 2 rings (SSSR count). The van der Waals surface area contributed by atoms with Crippen LogP contribution in [0.2, 0.25) is 5.02 Å². The van der Waals surface area contributed by atoms with Crippen LogP contribution in [-0.4, -0.2) is 27.1 Å². The van der Waals surface area contributed by atoms with Gasteiger partial charge in [-0.2, -0.15) is 0 Å². The fraction of sp³-hybridized carbons (Fsp3) is 0.278. The van der Waals surface area contributed by atoms with E-state index in [2.05, 4.69) is 5.32 Å². The van der Waals surface area contributed by atoms with Crippen molar-refractivity contribution >= 4 is 38.9 Å². The summed E-state index contributed by atoms with van der Waals surface area (Å²) in [4.78, 5) is 12.1. The van der Waals surface area contributed by atoms with Crippen LogP contribution in [0.3, 0.4) is 0 Å². The van der Waals surface area contributed by atoms with Crippen molar-refractivity contribution in [3.8, 4) is 0 Å². The zero-order chi connectivity index (χ0) is 18.6. The number of rotatable bonds is 6. The minimum atomic E-state index is -3.50. The summed E-state index contributed by atoms with van der Waals surface area (Å²) >= 11 is 5.81. The van der Waals surface area contributed by atoms with E-state index in [0.29, 0.717) is 16.4 Å². The Kier molecular flexibility index (Phi) is 6.08. The lowest BCUT2D eigenvalue weighted by Gasteiger charge is -2.24. The first-order valence-corrected chi connectivity index (χ1v) is 10.0. The van der Waals surface area contributed by atoms with Crippen molar-refractivity contribution in [3.05, 3.63) is 58.6 Å². The molecule has 0 aliphatic carbocycles. The molecular weight excluding hydrogens is 360 g/mol. The standard InChI is InChI=1S/C18H21ClN2O3S/c1-13-5-4-6-17(14(13)2)21(25(3,23)24)12-11-18(22)20-16-9-7-15(19)8-10-16/h4-10H,11-12H2,1-3H3,(H,20,22). The fourth-order valence-corrected chi connectivity index (χ4v) is 3.53. The number of carbonyl (C=O) groups excluding carboxylic acids is 1. The second-order valence-electron chi connectivity index (χ2n) is 5.86. The number of anilines is 2. The molecule has 1 N–H and O–H groups in total. The lowest BCUT2D eigenvalue weighted by molar-refractivity contribution is -0.116. The highest BCUT2D eigenvalue weighted by Gasteiger charge is 2.20. The van der Waals surface area contributed by atoms with E-state index in [0.717, 1.165) is 17.4 Å². The normalized spacial score (nSPS) is 11.2. The summed E-state index contributed by atoms with van der Waals surface area (Å²) in [6.07, 6.45) is 1.19. The summed E-state index contributed by atoms with van der Waals surface area (Å²) in [5.74, 6) is -0.263. The van der Waals surface area contributed by atoms with Crippen LogP contribution in [0.15, 0.2) is 42.5 Å². The van der Waals surface area contributed by atoms with Gasteiger partial charge in [-0.25, -0.2) is 8.42 Å². The van der Waals surface area contributed by atoms with Crippen molar-refractivity contribution in [3.63, 3.8) is 0 Å². The molecule has 0 saturated heterocycles. The quantitative estimate of drug-likeness (QED) is 0.829. The first-order valence-electron chi connectivity index (χ1n) is 7.78. The van der Waals surface area contributed by atoms with Crippen LogP contribution in [-0.2, 0) is 14.8 Å². The highest BCUT2D eigenvalue weighted by atomic mass is 35.5. The molecule has 0 bridgehead atoms. The first kappa shape index (κ1) is 19.3. The van der Waals surface area contributed by atoms with Gasteiger partial charge < -0.3 is 5.32 Å². The molecule has 0 heterocycles. The highest BCUT2D eigenvalue weighted by molar-refractivity contribution is 7.92. The molecule has 0 unspecified atom stereocenters. The monoisotopic (exact) mass is 380 g/mol. The van der Waals surface area contributed by atoms with Crippen molar-refractivity contribution < 1.29 is 13.2 Å². The van der Waals surface area contributed by atoms with E-state index in [-0.39, 0.29) is 18.9 Å². The summed E-state index contributed by atoms with van der Waals surface area (Å²) < 4.78 is 25.6. The maximum atomic E-state index is 12.2. The number of hydrogen-bond donors (Lipinski definition) is 1. The zero-order valence-corrected chi connectivity index (χ0v) is 16.0. The van der Waals surface area contributed by atoms with Gasteiger partial charge in [-0.15, -0.1) is 0 Å². The maximum absolute atomic E-state index is 12.2. The van der Waals surface area contributed by atoms with Crippen LogP contribution < -0.4 is 9.62 Å². The van der Waals surface area contributed by atoms with Gasteiger partial charge in [0.05, 0.1) is 11.9 Å². The largest absolute Gasteiger partial charge is 0.326 e. The average Bonchev–Trinajstić information content (AvgIpc) is 2.52. The van der Waals surface area contributed by atoms with Crippen molar-refractivity contribution in [1.82, 2.24) is 0 Å². The van der Waals surface area contributed by atoms with E-state index < -0.39 is 10.0 Å². The summed E-state index contributed by atoms with van der Waals surface area (Å²) in [5, 5.41) is 3.31. The molecule has 0 aliphatic rings. The summed E-state index contributed by atoms with van der Waals surface area (Å²) in [6.45, 7) is 3.87. The van der Waals surface area contributed by atoms with Gasteiger partial charge in [0.2, 0.25) is 15.9 Å². The van der Waals surface area contributed by atoms with E-state index >= 15 is 0 Å². The summed E-state index contributed by atoms with van der Waals surface area (Å²) in [6, 6.07) is 12.2. The number of nitrogens with one attached hydrogen (secondary N) is 1. The van der Waals surface area contributed by atoms with Crippen molar-refractivity contribution in [1.29, 1.82) is 0 Å². The predicted molar refractivity (Wildman–Crippen MR) is 103 cm³/mol. The van der Waals surface area contributed by atoms with Crippen LogP contribution in [0.25, 0.3) is 0 Å². The predicted octanol–water partition coefficient (Wildman–Crippen LogP) is 3.75. The molecule has 0 aliphatic heterocycles. The Labute approximate surface area is 153 Å². The number of halogens is 1. The van der Waals surface area contributed by atoms with Crippen LogP contribution in [0.5, 0.6) is 0 Å². The topological polar surface area (TPSA) is 66.5 Å². The Balaban J connectivity index is 2.12. The average molecular weight is 381 g/mol. The smallest absolute Gasteiger partial charge is 0.232 e. The Hall–Kier alpha value is -2.05. The van der Waals surface area contributed by atoms with Gasteiger partial charge >= 0.3 is 0 Å². The second kappa shape index (κ2) is 7.89. The Morgan fingerprint density at radius 2 is 1.76 bits per heavy atom. The number of benzene rings is 2.